The molecule has 4 rings (SSSR count). The summed E-state index contributed by atoms with van der Waals surface area (Å²) in [6.07, 6.45) is 2.98. The standard InChI is InChI=1S/C39H53N5O7S/c1-6-24(2)34(43-36(47)32-14-10-11-19-44(32)4)37(48)41-30(27-15-17-29(51-5)18-16-27)22-33(45)38-42-31(23-52-38)35(46)40-28(20-25(3)39(49)50)21-26-12-8-7-9-13-26/h7-9,12-13,15-18,23-25,28,30,32-34,45H,6,10-11,14,19-22H2,1-5H3,(H,40,46)(H,41,48)(H,43,47)(H,49,50)/t24-,25-,28+,30+,32?,33+,34-/m0/s1. The number of nitrogens with zero attached hydrogens (tertiary/aromatic N) is 2. The van der Waals surface area contributed by atoms with Gasteiger partial charge in [-0.3, -0.25) is 24.1 Å². The molecule has 0 radical (unpaired) electrons. The number of thiazole rings is 1. The molecule has 0 aliphatic carbocycles. The minimum absolute atomic E-state index is 0.0476. The van der Waals surface area contributed by atoms with Gasteiger partial charge in [-0.25, -0.2) is 4.98 Å². The lowest BCUT2D eigenvalue weighted by Crippen LogP contribution is -2.56. The number of carboxylic acid groups (broad SMARTS) is 1. The summed E-state index contributed by atoms with van der Waals surface area (Å²) < 4.78 is 5.33. The number of rotatable bonds is 18. The first-order valence-corrected chi connectivity index (χ1v) is 18.9. The molecule has 1 aliphatic heterocycles. The van der Waals surface area contributed by atoms with Crippen LogP contribution in [0.3, 0.4) is 0 Å². The van der Waals surface area contributed by atoms with Crippen LogP contribution in [0.1, 0.15) is 98.1 Å². The average Bonchev–Trinajstić information content (AvgIpc) is 3.65. The van der Waals surface area contributed by atoms with Gasteiger partial charge in [0.2, 0.25) is 11.8 Å². The Morgan fingerprint density at radius 2 is 1.71 bits per heavy atom. The van der Waals surface area contributed by atoms with Gasteiger partial charge in [0.15, 0.2) is 0 Å². The second-order valence-corrected chi connectivity index (χ2v) is 14.7. The molecule has 3 amide bonds. The quantitative estimate of drug-likeness (QED) is 0.122. The molecule has 12 nitrogen and oxygen atoms in total. The van der Waals surface area contributed by atoms with Crippen molar-refractivity contribution in [2.45, 2.75) is 96.0 Å². The van der Waals surface area contributed by atoms with Gasteiger partial charge in [0.05, 0.1) is 25.1 Å². The first-order chi connectivity index (χ1) is 24.9. The Hall–Kier alpha value is -4.33. The number of hydrogen-bond donors (Lipinski definition) is 5. The van der Waals surface area contributed by atoms with Crippen molar-refractivity contribution in [1.82, 2.24) is 25.8 Å². The Bertz CT molecular complexity index is 1620. The number of carbonyl (C=O) groups excluding carboxylic acids is 3. The summed E-state index contributed by atoms with van der Waals surface area (Å²) in [4.78, 5) is 58.8. The predicted octanol–water partition coefficient (Wildman–Crippen LogP) is 4.90. The number of nitrogens with one attached hydrogen (secondary N) is 3. The fourth-order valence-electron chi connectivity index (χ4n) is 6.48. The number of carbonyl (C=O) groups is 4. The highest BCUT2D eigenvalue weighted by atomic mass is 32.1. The maximum atomic E-state index is 14.0. The van der Waals surface area contributed by atoms with E-state index in [9.17, 15) is 29.4 Å². The van der Waals surface area contributed by atoms with Gasteiger partial charge in [-0.2, -0.15) is 0 Å². The molecule has 1 unspecified atom stereocenters. The normalized spacial score (nSPS) is 18.2. The third-order valence-electron chi connectivity index (χ3n) is 9.92. The highest BCUT2D eigenvalue weighted by Gasteiger charge is 2.34. The van der Waals surface area contributed by atoms with Crippen LogP contribution in [0.25, 0.3) is 0 Å². The SMILES string of the molecule is CC[C@H](C)[C@H](NC(=O)C1CCCCN1C)C(=O)N[C@H](C[C@@H](O)c1nc(C(=O)N[C@@H](Cc2ccccc2)C[C@H](C)C(=O)O)cs1)c1ccc(OC)cc1. The summed E-state index contributed by atoms with van der Waals surface area (Å²) in [6, 6.07) is 14.5. The molecular formula is C39H53N5O7S. The van der Waals surface area contributed by atoms with Crippen LogP contribution < -0.4 is 20.7 Å². The molecule has 1 saturated heterocycles. The van der Waals surface area contributed by atoms with E-state index in [1.807, 2.05) is 68.3 Å². The van der Waals surface area contributed by atoms with Crippen molar-refractivity contribution in [3.63, 3.8) is 0 Å². The van der Waals surface area contributed by atoms with Crippen LogP contribution in [-0.4, -0.2) is 82.6 Å². The lowest BCUT2D eigenvalue weighted by Gasteiger charge is -2.34. The molecule has 1 aliphatic rings. The van der Waals surface area contributed by atoms with Gasteiger partial charge < -0.3 is 30.9 Å². The average molecular weight is 736 g/mol. The monoisotopic (exact) mass is 735 g/mol. The predicted molar refractivity (Wildman–Crippen MR) is 200 cm³/mol. The molecule has 0 saturated carbocycles. The second-order valence-electron chi connectivity index (χ2n) is 13.9. The molecule has 282 valence electrons. The lowest BCUT2D eigenvalue weighted by molar-refractivity contribution is -0.141. The van der Waals surface area contributed by atoms with E-state index < -0.39 is 42.0 Å². The molecule has 2 heterocycles. The van der Waals surface area contributed by atoms with Crippen molar-refractivity contribution in [3.8, 4) is 5.75 Å². The number of carboxylic acids is 1. The van der Waals surface area contributed by atoms with Crippen LogP contribution in [0.4, 0.5) is 0 Å². The summed E-state index contributed by atoms with van der Waals surface area (Å²) >= 11 is 1.13. The van der Waals surface area contributed by atoms with E-state index in [-0.39, 0.29) is 42.3 Å². The third-order valence-corrected chi connectivity index (χ3v) is 10.9. The Balaban J connectivity index is 1.50. The van der Waals surface area contributed by atoms with Gasteiger partial charge in [0.25, 0.3) is 5.91 Å². The number of aromatic nitrogens is 1. The van der Waals surface area contributed by atoms with Gasteiger partial charge in [0, 0.05) is 17.8 Å². The molecule has 0 spiro atoms. The summed E-state index contributed by atoms with van der Waals surface area (Å²) in [5.41, 5.74) is 1.79. The number of aliphatic carboxylic acids is 1. The number of likely N-dealkylation sites (tertiary alicyclic amines) is 1. The van der Waals surface area contributed by atoms with Crippen LogP contribution in [0.5, 0.6) is 5.75 Å². The summed E-state index contributed by atoms with van der Waals surface area (Å²) in [6.45, 7) is 6.34. The number of likely N-dealkylation sites (N-methyl/N-ethyl adjacent to an activating group) is 1. The first-order valence-electron chi connectivity index (χ1n) is 18.1. The van der Waals surface area contributed by atoms with Crippen molar-refractivity contribution >= 4 is 35.0 Å². The fourth-order valence-corrected chi connectivity index (χ4v) is 7.28. The van der Waals surface area contributed by atoms with E-state index in [2.05, 4.69) is 20.9 Å². The molecule has 1 fully saturated rings. The van der Waals surface area contributed by atoms with E-state index in [1.54, 1.807) is 31.5 Å². The number of piperidine rings is 1. The van der Waals surface area contributed by atoms with Gasteiger partial charge in [-0.1, -0.05) is 76.1 Å². The van der Waals surface area contributed by atoms with E-state index in [0.29, 0.717) is 23.6 Å². The number of aliphatic hydroxyl groups excluding tert-OH is 1. The van der Waals surface area contributed by atoms with Crippen LogP contribution in [-0.2, 0) is 20.8 Å². The molecule has 3 aromatic rings. The van der Waals surface area contributed by atoms with Crippen molar-refractivity contribution in [2.75, 3.05) is 20.7 Å². The number of methoxy groups -OCH3 is 1. The number of aliphatic hydroxyl groups is 1. The maximum absolute atomic E-state index is 14.0. The van der Waals surface area contributed by atoms with E-state index in [1.165, 1.54) is 0 Å². The highest BCUT2D eigenvalue weighted by molar-refractivity contribution is 7.09. The number of hydrogen-bond acceptors (Lipinski definition) is 9. The summed E-state index contributed by atoms with van der Waals surface area (Å²) in [5.74, 6) is -2.12. The van der Waals surface area contributed by atoms with Crippen molar-refractivity contribution < 1.29 is 34.1 Å². The summed E-state index contributed by atoms with van der Waals surface area (Å²) in [7, 11) is 3.49. The van der Waals surface area contributed by atoms with Crippen LogP contribution in [0.2, 0.25) is 0 Å². The zero-order valence-corrected chi connectivity index (χ0v) is 31.5. The van der Waals surface area contributed by atoms with Gasteiger partial charge in [-0.15, -0.1) is 11.3 Å². The van der Waals surface area contributed by atoms with E-state index in [4.69, 9.17) is 4.74 Å². The maximum Gasteiger partial charge on any atom is 0.306 e. The number of benzene rings is 2. The zero-order valence-electron chi connectivity index (χ0n) is 30.7. The van der Waals surface area contributed by atoms with Crippen LogP contribution in [0.15, 0.2) is 60.0 Å². The number of amides is 3. The van der Waals surface area contributed by atoms with Crippen LogP contribution in [0, 0.1) is 11.8 Å². The topological polar surface area (TPSA) is 170 Å². The second kappa shape index (κ2) is 19.5. The minimum atomic E-state index is -1.14. The lowest BCUT2D eigenvalue weighted by atomic mass is 9.95. The molecular weight excluding hydrogens is 683 g/mol. The van der Waals surface area contributed by atoms with Crippen molar-refractivity contribution in [1.29, 1.82) is 0 Å². The van der Waals surface area contributed by atoms with Crippen molar-refractivity contribution in [2.24, 2.45) is 11.8 Å². The number of ether oxygens (including phenoxy) is 1. The highest BCUT2D eigenvalue weighted by Crippen LogP contribution is 2.30. The zero-order chi connectivity index (χ0) is 37.8. The molecule has 0 bridgehead atoms. The Kier molecular flexibility index (Phi) is 15.2. The Morgan fingerprint density at radius 3 is 2.35 bits per heavy atom. The minimum Gasteiger partial charge on any atom is -0.497 e. The Labute approximate surface area is 310 Å². The largest absolute Gasteiger partial charge is 0.497 e. The summed E-state index contributed by atoms with van der Waals surface area (Å²) in [5, 5.41) is 31.9. The van der Waals surface area contributed by atoms with Crippen LogP contribution >= 0.6 is 11.3 Å². The van der Waals surface area contributed by atoms with Gasteiger partial charge in [0.1, 0.15) is 28.6 Å². The van der Waals surface area contributed by atoms with Gasteiger partial charge >= 0.3 is 5.97 Å². The van der Waals surface area contributed by atoms with E-state index in [0.717, 1.165) is 48.3 Å². The molecule has 2 aromatic carbocycles. The molecule has 52 heavy (non-hydrogen) atoms. The third kappa shape index (κ3) is 11.3. The van der Waals surface area contributed by atoms with E-state index >= 15 is 0 Å². The molecule has 13 heteroatoms. The smallest absolute Gasteiger partial charge is 0.306 e. The molecule has 5 N–H and O–H groups in total. The first kappa shape index (κ1) is 40.4. The van der Waals surface area contributed by atoms with Gasteiger partial charge in [-0.05, 0) is 68.5 Å². The molecule has 1 aromatic heterocycles. The molecule has 7 atom stereocenters. The fraction of sp³-hybridized carbons (Fsp3) is 0.513. The Morgan fingerprint density at radius 1 is 1.00 bits per heavy atom. The van der Waals surface area contributed by atoms with Crippen molar-refractivity contribution in [3.05, 3.63) is 81.8 Å².